The number of para-hydroxylation sites is 2. The molecule has 154 valence electrons. The summed E-state index contributed by atoms with van der Waals surface area (Å²) in [5.41, 5.74) is 9.12. The van der Waals surface area contributed by atoms with Gasteiger partial charge in [-0.3, -0.25) is 0 Å². The van der Waals surface area contributed by atoms with Crippen molar-refractivity contribution in [1.29, 1.82) is 0 Å². The van der Waals surface area contributed by atoms with Crippen molar-refractivity contribution in [2.24, 2.45) is 0 Å². The molecule has 0 radical (unpaired) electrons. The van der Waals surface area contributed by atoms with Gasteiger partial charge in [0.15, 0.2) is 0 Å². The Morgan fingerprint density at radius 3 is 1.97 bits per heavy atom. The Morgan fingerprint density at radius 2 is 1.28 bits per heavy atom. The molecule has 0 unspecified atom stereocenters. The minimum atomic E-state index is -0.0663. The van der Waals surface area contributed by atoms with Crippen LogP contribution in [0.2, 0.25) is 0 Å². The second-order valence-electron chi connectivity index (χ2n) is 8.78. The van der Waals surface area contributed by atoms with E-state index in [1.165, 1.54) is 22.5 Å². The molecule has 0 atom stereocenters. The number of anilines is 3. The lowest BCUT2D eigenvalue weighted by Gasteiger charge is -2.42. The van der Waals surface area contributed by atoms with Crippen LogP contribution in [0.5, 0.6) is 0 Å². The molecular weight excluding hydrogens is 390 g/mol. The van der Waals surface area contributed by atoms with Crippen LogP contribution in [0.4, 0.5) is 17.1 Å². The molecule has 0 saturated carbocycles. The molecule has 4 aromatic carbocycles. The summed E-state index contributed by atoms with van der Waals surface area (Å²) in [6.45, 7) is 4.61. The summed E-state index contributed by atoms with van der Waals surface area (Å²) in [4.78, 5) is 11.6. The highest BCUT2D eigenvalue weighted by molar-refractivity contribution is 5.96. The van der Waals surface area contributed by atoms with Crippen LogP contribution >= 0.6 is 0 Å². The predicted molar refractivity (Wildman–Crippen MR) is 132 cm³/mol. The van der Waals surface area contributed by atoms with Crippen LogP contribution in [0.25, 0.3) is 22.2 Å². The van der Waals surface area contributed by atoms with Gasteiger partial charge in [0.1, 0.15) is 6.33 Å². The molecular formula is C29H23N3. The van der Waals surface area contributed by atoms with Crippen LogP contribution in [0.1, 0.15) is 25.0 Å². The van der Waals surface area contributed by atoms with Crippen molar-refractivity contribution in [3.63, 3.8) is 0 Å². The average Bonchev–Trinajstić information content (AvgIpc) is 2.84. The molecule has 0 fully saturated rings. The quantitative estimate of drug-likeness (QED) is 0.302. The summed E-state index contributed by atoms with van der Waals surface area (Å²) in [6, 6.07) is 34.2. The lowest BCUT2D eigenvalue weighted by atomic mass is 9.73. The monoisotopic (exact) mass is 413 g/mol. The second-order valence-corrected chi connectivity index (χ2v) is 8.78. The molecule has 1 aliphatic heterocycles. The minimum Gasteiger partial charge on any atom is -0.310 e. The molecule has 1 aromatic heterocycles. The lowest BCUT2D eigenvalue weighted by Crippen LogP contribution is -2.30. The molecule has 1 aliphatic rings. The minimum absolute atomic E-state index is 0.0663. The highest BCUT2D eigenvalue weighted by Gasteiger charge is 2.36. The summed E-state index contributed by atoms with van der Waals surface area (Å²) < 4.78 is 0. The van der Waals surface area contributed by atoms with Crippen LogP contribution in [0, 0.1) is 0 Å². The summed E-state index contributed by atoms with van der Waals surface area (Å²) >= 11 is 0. The van der Waals surface area contributed by atoms with Crippen LogP contribution in [0.3, 0.4) is 0 Å². The summed E-state index contributed by atoms with van der Waals surface area (Å²) in [6.07, 6.45) is 1.66. The summed E-state index contributed by atoms with van der Waals surface area (Å²) in [7, 11) is 0. The maximum atomic E-state index is 4.63. The number of hydrogen-bond donors (Lipinski definition) is 0. The van der Waals surface area contributed by atoms with E-state index >= 15 is 0 Å². The molecule has 0 aliphatic carbocycles. The lowest BCUT2D eigenvalue weighted by molar-refractivity contribution is 0.632. The normalized spacial score (nSPS) is 14.1. The third-order valence-corrected chi connectivity index (χ3v) is 6.56. The highest BCUT2D eigenvalue weighted by atomic mass is 15.2. The standard InChI is InChI=1S/C29H23N3/c1-29(2)23-12-6-8-14-26(23)32(27-15-9-7-13-24(27)29)21-16-17-22-25(18-21)30-19-31-28(22)20-10-4-3-5-11-20/h3-19H,1-2H3. The molecule has 0 saturated heterocycles. The molecule has 0 amide bonds. The van der Waals surface area contributed by atoms with Crippen LogP contribution in [-0.2, 0) is 5.41 Å². The number of benzene rings is 4. The van der Waals surface area contributed by atoms with Crippen molar-refractivity contribution in [2.45, 2.75) is 19.3 Å². The first-order valence-corrected chi connectivity index (χ1v) is 10.9. The van der Waals surface area contributed by atoms with E-state index in [2.05, 4.69) is 108 Å². The zero-order valence-corrected chi connectivity index (χ0v) is 18.2. The van der Waals surface area contributed by atoms with Gasteiger partial charge in [-0.2, -0.15) is 0 Å². The Bertz CT molecular complexity index is 1400. The SMILES string of the molecule is CC1(C)c2ccccc2N(c2ccc3c(-c4ccccc4)ncnc3c2)c2ccccc21. The number of rotatable bonds is 2. The van der Waals surface area contributed by atoms with E-state index in [-0.39, 0.29) is 5.41 Å². The molecule has 3 heteroatoms. The zero-order chi connectivity index (χ0) is 21.7. The number of hydrogen-bond acceptors (Lipinski definition) is 3. The molecule has 3 nitrogen and oxygen atoms in total. The molecule has 2 heterocycles. The third kappa shape index (κ3) is 2.75. The van der Waals surface area contributed by atoms with E-state index in [0.29, 0.717) is 0 Å². The molecule has 0 spiro atoms. The van der Waals surface area contributed by atoms with Gasteiger partial charge in [0.25, 0.3) is 0 Å². The van der Waals surface area contributed by atoms with Crippen molar-refractivity contribution in [1.82, 2.24) is 9.97 Å². The van der Waals surface area contributed by atoms with Crippen molar-refractivity contribution in [3.8, 4) is 11.3 Å². The van der Waals surface area contributed by atoms with E-state index < -0.39 is 0 Å². The third-order valence-electron chi connectivity index (χ3n) is 6.56. The van der Waals surface area contributed by atoms with Gasteiger partial charge in [0, 0.05) is 22.1 Å². The number of aromatic nitrogens is 2. The first-order chi connectivity index (χ1) is 15.6. The number of nitrogens with zero attached hydrogens (tertiary/aromatic N) is 3. The van der Waals surface area contributed by atoms with Crippen molar-refractivity contribution in [3.05, 3.63) is 115 Å². The average molecular weight is 414 g/mol. The van der Waals surface area contributed by atoms with Crippen LogP contribution < -0.4 is 4.90 Å². The van der Waals surface area contributed by atoms with Crippen LogP contribution in [-0.4, -0.2) is 9.97 Å². The topological polar surface area (TPSA) is 29.0 Å². The number of fused-ring (bicyclic) bond motifs is 3. The van der Waals surface area contributed by atoms with Gasteiger partial charge in [-0.25, -0.2) is 9.97 Å². The van der Waals surface area contributed by atoms with Crippen molar-refractivity contribution < 1.29 is 0 Å². The van der Waals surface area contributed by atoms with Gasteiger partial charge in [-0.1, -0.05) is 80.6 Å². The van der Waals surface area contributed by atoms with E-state index in [1.807, 2.05) is 18.2 Å². The molecule has 6 rings (SSSR count). The first kappa shape index (κ1) is 18.8. The second kappa shape index (κ2) is 7.03. The van der Waals surface area contributed by atoms with E-state index in [1.54, 1.807) is 6.33 Å². The van der Waals surface area contributed by atoms with Gasteiger partial charge in [0.05, 0.1) is 22.6 Å². The largest absolute Gasteiger partial charge is 0.310 e. The van der Waals surface area contributed by atoms with Gasteiger partial charge in [-0.15, -0.1) is 0 Å². The molecule has 32 heavy (non-hydrogen) atoms. The highest BCUT2D eigenvalue weighted by Crippen LogP contribution is 2.51. The fourth-order valence-electron chi connectivity index (χ4n) is 4.96. The fraction of sp³-hybridized carbons (Fsp3) is 0.103. The predicted octanol–water partition coefficient (Wildman–Crippen LogP) is 7.41. The Morgan fingerprint density at radius 1 is 0.656 bits per heavy atom. The fourth-order valence-corrected chi connectivity index (χ4v) is 4.96. The zero-order valence-electron chi connectivity index (χ0n) is 18.2. The van der Waals surface area contributed by atoms with Gasteiger partial charge < -0.3 is 4.90 Å². The van der Waals surface area contributed by atoms with Gasteiger partial charge in [0.2, 0.25) is 0 Å². The van der Waals surface area contributed by atoms with E-state index in [0.717, 1.165) is 27.8 Å². The summed E-state index contributed by atoms with van der Waals surface area (Å²) in [5.74, 6) is 0. The van der Waals surface area contributed by atoms with Crippen molar-refractivity contribution in [2.75, 3.05) is 4.90 Å². The maximum absolute atomic E-state index is 4.63. The smallest absolute Gasteiger partial charge is 0.116 e. The Labute approximate surface area is 188 Å². The Kier molecular flexibility index (Phi) is 4.12. The van der Waals surface area contributed by atoms with E-state index in [9.17, 15) is 0 Å². The first-order valence-electron chi connectivity index (χ1n) is 10.9. The summed E-state index contributed by atoms with van der Waals surface area (Å²) in [5, 5.41) is 1.06. The Balaban J connectivity index is 1.57. The Hall–Kier alpha value is -3.98. The van der Waals surface area contributed by atoms with E-state index in [4.69, 9.17) is 0 Å². The molecule has 5 aromatic rings. The maximum Gasteiger partial charge on any atom is 0.116 e. The van der Waals surface area contributed by atoms with Gasteiger partial charge >= 0.3 is 0 Å². The molecule has 0 bridgehead atoms. The van der Waals surface area contributed by atoms with Gasteiger partial charge in [-0.05, 0) is 41.5 Å². The molecule has 0 N–H and O–H groups in total. The van der Waals surface area contributed by atoms with Crippen molar-refractivity contribution >= 4 is 28.0 Å². The van der Waals surface area contributed by atoms with Crippen LogP contribution in [0.15, 0.2) is 103 Å².